The summed E-state index contributed by atoms with van der Waals surface area (Å²) in [5.41, 5.74) is 4.16. The van der Waals surface area contributed by atoms with Crippen LogP contribution in [0, 0.1) is 0 Å². The molecule has 1 N–H and O–H groups in total. The molecule has 7 heteroatoms. The van der Waals surface area contributed by atoms with Crippen molar-refractivity contribution in [1.29, 1.82) is 0 Å². The number of nitrogens with zero attached hydrogens (tertiary/aromatic N) is 1. The molecule has 2 rings (SSSR count). The van der Waals surface area contributed by atoms with Gasteiger partial charge in [0.2, 0.25) is 5.75 Å². The predicted octanol–water partition coefficient (Wildman–Crippen LogP) is 2.80. The number of benzene rings is 2. The third kappa shape index (κ3) is 5.37. The molecule has 144 valence electrons. The van der Waals surface area contributed by atoms with Gasteiger partial charge in [-0.1, -0.05) is 25.1 Å². The van der Waals surface area contributed by atoms with Gasteiger partial charge in [0, 0.05) is 5.56 Å². The van der Waals surface area contributed by atoms with Gasteiger partial charge in [0.25, 0.3) is 5.91 Å². The summed E-state index contributed by atoms with van der Waals surface area (Å²) in [6.45, 7) is 1.91. The second kappa shape index (κ2) is 10.1. The van der Waals surface area contributed by atoms with Crippen molar-refractivity contribution in [2.45, 2.75) is 13.3 Å². The number of aryl methyl sites for hydroxylation is 1. The molecular weight excluding hydrogens is 348 g/mol. The van der Waals surface area contributed by atoms with Crippen molar-refractivity contribution < 1.29 is 23.7 Å². The number of hydrogen-bond donors (Lipinski definition) is 1. The van der Waals surface area contributed by atoms with Crippen molar-refractivity contribution >= 4 is 12.1 Å². The Morgan fingerprint density at radius 2 is 1.70 bits per heavy atom. The van der Waals surface area contributed by atoms with Gasteiger partial charge in [-0.15, -0.1) is 0 Å². The molecule has 0 aliphatic carbocycles. The first-order chi connectivity index (χ1) is 13.1. The predicted molar refractivity (Wildman–Crippen MR) is 103 cm³/mol. The van der Waals surface area contributed by atoms with Gasteiger partial charge in [0.1, 0.15) is 5.75 Å². The van der Waals surface area contributed by atoms with E-state index in [1.807, 2.05) is 31.2 Å². The molecule has 2 aromatic rings. The van der Waals surface area contributed by atoms with E-state index >= 15 is 0 Å². The van der Waals surface area contributed by atoms with Gasteiger partial charge in [-0.25, -0.2) is 5.43 Å². The molecule has 0 bridgehead atoms. The number of para-hydroxylation sites is 1. The first kappa shape index (κ1) is 20.1. The summed E-state index contributed by atoms with van der Waals surface area (Å²) in [5, 5.41) is 3.95. The van der Waals surface area contributed by atoms with Crippen LogP contribution in [0.15, 0.2) is 41.5 Å². The number of ether oxygens (including phenoxy) is 4. The zero-order valence-electron chi connectivity index (χ0n) is 15.9. The second-order valence-electron chi connectivity index (χ2n) is 5.50. The topological polar surface area (TPSA) is 78.4 Å². The molecule has 0 atom stereocenters. The Kier molecular flexibility index (Phi) is 7.49. The minimum atomic E-state index is -0.357. The quantitative estimate of drug-likeness (QED) is 0.541. The molecule has 7 nitrogen and oxygen atoms in total. The standard InChI is InChI=1S/C20H24N2O5/c1-5-15-8-6-7-9-16(15)27-13-19(23)22-21-12-14-10-17(24-2)20(26-4)18(11-14)25-3/h6-12H,5,13H2,1-4H3,(H,22,23)/b21-12+. The Labute approximate surface area is 158 Å². The van der Waals surface area contributed by atoms with Crippen molar-refractivity contribution in [3.05, 3.63) is 47.5 Å². The molecule has 0 heterocycles. The van der Waals surface area contributed by atoms with E-state index in [2.05, 4.69) is 10.5 Å². The van der Waals surface area contributed by atoms with Crippen LogP contribution in [-0.4, -0.2) is 40.1 Å². The van der Waals surface area contributed by atoms with Crippen LogP contribution < -0.4 is 24.4 Å². The minimum Gasteiger partial charge on any atom is -0.493 e. The molecule has 2 aromatic carbocycles. The summed E-state index contributed by atoms with van der Waals surface area (Å²) < 4.78 is 21.4. The molecule has 0 unspecified atom stereocenters. The highest BCUT2D eigenvalue weighted by molar-refractivity contribution is 5.84. The van der Waals surface area contributed by atoms with Gasteiger partial charge >= 0.3 is 0 Å². The second-order valence-corrected chi connectivity index (χ2v) is 5.50. The van der Waals surface area contributed by atoms with Crippen molar-refractivity contribution in [1.82, 2.24) is 5.43 Å². The van der Waals surface area contributed by atoms with Crippen LogP contribution in [0.5, 0.6) is 23.0 Å². The first-order valence-electron chi connectivity index (χ1n) is 8.45. The van der Waals surface area contributed by atoms with Gasteiger partial charge in [0.05, 0.1) is 27.5 Å². The molecule has 0 spiro atoms. The summed E-state index contributed by atoms with van der Waals surface area (Å²) in [4.78, 5) is 11.9. The highest BCUT2D eigenvalue weighted by Crippen LogP contribution is 2.37. The van der Waals surface area contributed by atoms with E-state index in [1.54, 1.807) is 12.1 Å². The molecule has 0 fully saturated rings. The van der Waals surface area contributed by atoms with Gasteiger partial charge in [0.15, 0.2) is 18.1 Å². The van der Waals surface area contributed by atoms with E-state index in [4.69, 9.17) is 18.9 Å². The zero-order valence-corrected chi connectivity index (χ0v) is 15.9. The molecule has 0 aromatic heterocycles. The van der Waals surface area contributed by atoms with E-state index in [0.717, 1.165) is 12.0 Å². The number of methoxy groups -OCH3 is 3. The van der Waals surface area contributed by atoms with Crippen LogP contribution in [0.2, 0.25) is 0 Å². The van der Waals surface area contributed by atoms with Crippen molar-refractivity contribution in [2.24, 2.45) is 5.10 Å². The Morgan fingerprint density at radius 3 is 2.30 bits per heavy atom. The smallest absolute Gasteiger partial charge is 0.277 e. The third-order valence-corrected chi connectivity index (χ3v) is 3.80. The summed E-state index contributed by atoms with van der Waals surface area (Å²) >= 11 is 0. The lowest BCUT2D eigenvalue weighted by Gasteiger charge is -2.12. The first-order valence-corrected chi connectivity index (χ1v) is 8.45. The Hall–Kier alpha value is -3.22. The summed E-state index contributed by atoms with van der Waals surface area (Å²) in [6.07, 6.45) is 2.32. The Bertz CT molecular complexity index is 780. The van der Waals surface area contributed by atoms with Crippen molar-refractivity contribution in [2.75, 3.05) is 27.9 Å². The summed E-state index contributed by atoms with van der Waals surface area (Å²) in [6, 6.07) is 11.1. The number of amides is 1. The van der Waals surface area contributed by atoms with E-state index < -0.39 is 0 Å². The van der Waals surface area contributed by atoms with E-state index in [1.165, 1.54) is 27.5 Å². The largest absolute Gasteiger partial charge is 0.493 e. The monoisotopic (exact) mass is 372 g/mol. The van der Waals surface area contributed by atoms with Crippen LogP contribution in [0.1, 0.15) is 18.1 Å². The molecule has 0 aliphatic heterocycles. The number of hydrazone groups is 1. The lowest BCUT2D eigenvalue weighted by Crippen LogP contribution is -2.24. The SMILES string of the molecule is CCc1ccccc1OCC(=O)N/N=C/c1cc(OC)c(OC)c(OC)c1. The summed E-state index contributed by atoms with van der Waals surface area (Å²) in [7, 11) is 4.60. The fourth-order valence-electron chi connectivity index (χ4n) is 2.47. The number of rotatable bonds is 9. The molecule has 0 radical (unpaired) electrons. The van der Waals surface area contributed by atoms with Crippen LogP contribution in [0.3, 0.4) is 0 Å². The molecule has 0 aliphatic rings. The number of carbonyl (C=O) groups excluding carboxylic acids is 1. The fourth-order valence-corrected chi connectivity index (χ4v) is 2.47. The highest BCUT2D eigenvalue weighted by Gasteiger charge is 2.12. The number of hydrogen-bond acceptors (Lipinski definition) is 6. The van der Waals surface area contributed by atoms with Gasteiger partial charge in [-0.05, 0) is 30.2 Å². The van der Waals surface area contributed by atoms with E-state index in [0.29, 0.717) is 28.6 Å². The van der Waals surface area contributed by atoms with Gasteiger partial charge < -0.3 is 18.9 Å². The van der Waals surface area contributed by atoms with Crippen LogP contribution in [-0.2, 0) is 11.2 Å². The van der Waals surface area contributed by atoms with Crippen LogP contribution >= 0.6 is 0 Å². The maximum absolute atomic E-state index is 11.9. The zero-order chi connectivity index (χ0) is 19.6. The molecule has 0 saturated carbocycles. The normalized spacial score (nSPS) is 10.5. The van der Waals surface area contributed by atoms with Gasteiger partial charge in [-0.2, -0.15) is 5.10 Å². The highest BCUT2D eigenvalue weighted by atomic mass is 16.5. The minimum absolute atomic E-state index is 0.121. The third-order valence-electron chi connectivity index (χ3n) is 3.80. The molecule has 1 amide bonds. The number of carbonyl (C=O) groups is 1. The molecular formula is C20H24N2O5. The average molecular weight is 372 g/mol. The average Bonchev–Trinajstić information content (AvgIpc) is 2.71. The van der Waals surface area contributed by atoms with Crippen molar-refractivity contribution in [3.8, 4) is 23.0 Å². The van der Waals surface area contributed by atoms with Crippen LogP contribution in [0.25, 0.3) is 0 Å². The maximum Gasteiger partial charge on any atom is 0.277 e. The van der Waals surface area contributed by atoms with Crippen LogP contribution in [0.4, 0.5) is 0 Å². The Morgan fingerprint density at radius 1 is 1.04 bits per heavy atom. The van der Waals surface area contributed by atoms with E-state index in [-0.39, 0.29) is 12.5 Å². The van der Waals surface area contributed by atoms with Gasteiger partial charge in [-0.3, -0.25) is 4.79 Å². The lowest BCUT2D eigenvalue weighted by molar-refractivity contribution is -0.123. The lowest BCUT2D eigenvalue weighted by atomic mass is 10.1. The molecule has 27 heavy (non-hydrogen) atoms. The molecule has 0 saturated heterocycles. The Balaban J connectivity index is 1.97. The number of nitrogens with one attached hydrogen (secondary N) is 1. The fraction of sp³-hybridized carbons (Fsp3) is 0.300. The van der Waals surface area contributed by atoms with E-state index in [9.17, 15) is 4.79 Å². The summed E-state index contributed by atoms with van der Waals surface area (Å²) in [5.74, 6) is 1.84. The van der Waals surface area contributed by atoms with Crippen molar-refractivity contribution in [3.63, 3.8) is 0 Å². The maximum atomic E-state index is 11.9.